The van der Waals surface area contributed by atoms with E-state index in [1.54, 1.807) is 0 Å². The van der Waals surface area contributed by atoms with Gasteiger partial charge in [0.2, 0.25) is 0 Å². The molecule has 3 aromatic carbocycles. The first-order valence-electron chi connectivity index (χ1n) is 9.83. The Hall–Kier alpha value is -3.07. The Morgan fingerprint density at radius 2 is 1.28 bits per heavy atom. The van der Waals surface area contributed by atoms with Crippen molar-refractivity contribution in [2.45, 2.75) is 38.5 Å². The molecule has 0 aliphatic heterocycles. The van der Waals surface area contributed by atoms with Gasteiger partial charge < -0.3 is 9.84 Å². The van der Waals surface area contributed by atoms with Crippen LogP contribution in [0.15, 0.2) is 78.9 Å². The SMILES string of the molecule is CC(C)(c1ccccc1)c1ccc(OCC(=O)O)c(C(C)(C)c2ccccc2)c1. The van der Waals surface area contributed by atoms with Crippen molar-refractivity contribution in [3.63, 3.8) is 0 Å². The number of benzene rings is 3. The Kier molecular flexibility index (Phi) is 5.78. The minimum Gasteiger partial charge on any atom is -0.482 e. The van der Waals surface area contributed by atoms with Crippen molar-refractivity contribution in [3.05, 3.63) is 101 Å². The lowest BCUT2D eigenvalue weighted by Crippen LogP contribution is -2.24. The monoisotopic (exact) mass is 388 g/mol. The molecule has 0 amide bonds. The van der Waals surface area contributed by atoms with Crippen LogP contribution in [0.5, 0.6) is 5.75 Å². The smallest absolute Gasteiger partial charge is 0.341 e. The van der Waals surface area contributed by atoms with Gasteiger partial charge in [-0.15, -0.1) is 0 Å². The van der Waals surface area contributed by atoms with Crippen molar-refractivity contribution >= 4 is 5.97 Å². The summed E-state index contributed by atoms with van der Waals surface area (Å²) >= 11 is 0. The molecule has 0 bridgehead atoms. The second-order valence-corrected chi connectivity index (χ2v) is 8.38. The van der Waals surface area contributed by atoms with E-state index in [9.17, 15) is 4.79 Å². The highest BCUT2D eigenvalue weighted by Crippen LogP contribution is 2.41. The summed E-state index contributed by atoms with van der Waals surface area (Å²) < 4.78 is 5.68. The molecule has 0 unspecified atom stereocenters. The molecule has 1 N–H and O–H groups in total. The molecule has 0 aliphatic carbocycles. The number of hydrogen-bond donors (Lipinski definition) is 1. The van der Waals surface area contributed by atoms with Crippen LogP contribution >= 0.6 is 0 Å². The molecular weight excluding hydrogens is 360 g/mol. The molecule has 0 aliphatic rings. The van der Waals surface area contributed by atoms with E-state index in [-0.39, 0.29) is 17.4 Å². The molecule has 0 radical (unpaired) electrons. The number of carbonyl (C=O) groups is 1. The Morgan fingerprint density at radius 3 is 1.79 bits per heavy atom. The quantitative estimate of drug-likeness (QED) is 0.556. The molecule has 0 saturated heterocycles. The summed E-state index contributed by atoms with van der Waals surface area (Å²) in [4.78, 5) is 11.1. The summed E-state index contributed by atoms with van der Waals surface area (Å²) in [6.07, 6.45) is 0. The van der Waals surface area contributed by atoms with E-state index >= 15 is 0 Å². The third-order valence-electron chi connectivity index (χ3n) is 5.72. The summed E-state index contributed by atoms with van der Waals surface area (Å²) in [5.74, 6) is -0.379. The predicted octanol–water partition coefficient (Wildman–Crippen LogP) is 5.80. The van der Waals surface area contributed by atoms with Crippen molar-refractivity contribution in [1.29, 1.82) is 0 Å². The van der Waals surface area contributed by atoms with Gasteiger partial charge in [-0.25, -0.2) is 4.79 Å². The van der Waals surface area contributed by atoms with E-state index in [1.807, 2.05) is 36.4 Å². The fourth-order valence-electron chi connectivity index (χ4n) is 3.70. The van der Waals surface area contributed by atoms with Gasteiger partial charge in [0, 0.05) is 16.4 Å². The zero-order chi connectivity index (χ0) is 21.1. The van der Waals surface area contributed by atoms with Crippen molar-refractivity contribution in [3.8, 4) is 5.75 Å². The molecule has 3 heteroatoms. The van der Waals surface area contributed by atoms with E-state index in [0.29, 0.717) is 5.75 Å². The van der Waals surface area contributed by atoms with Crippen LogP contribution in [0.4, 0.5) is 0 Å². The zero-order valence-electron chi connectivity index (χ0n) is 17.5. The molecule has 0 atom stereocenters. The molecular formula is C26H28O3. The van der Waals surface area contributed by atoms with Gasteiger partial charge >= 0.3 is 5.97 Å². The summed E-state index contributed by atoms with van der Waals surface area (Å²) in [6.45, 7) is 8.33. The summed E-state index contributed by atoms with van der Waals surface area (Å²) in [5.41, 5.74) is 3.96. The molecule has 0 fully saturated rings. The van der Waals surface area contributed by atoms with Gasteiger partial charge in [0.25, 0.3) is 0 Å². The van der Waals surface area contributed by atoms with Gasteiger partial charge in [-0.05, 0) is 22.8 Å². The highest BCUT2D eigenvalue weighted by atomic mass is 16.5. The van der Waals surface area contributed by atoms with E-state index in [2.05, 4.69) is 70.2 Å². The minimum atomic E-state index is -0.984. The predicted molar refractivity (Wildman–Crippen MR) is 117 cm³/mol. The van der Waals surface area contributed by atoms with Gasteiger partial charge in [0.1, 0.15) is 5.75 Å². The van der Waals surface area contributed by atoms with Crippen LogP contribution in [0.3, 0.4) is 0 Å². The number of carboxylic acid groups (broad SMARTS) is 1. The van der Waals surface area contributed by atoms with Crippen LogP contribution in [-0.2, 0) is 15.6 Å². The largest absolute Gasteiger partial charge is 0.482 e. The Morgan fingerprint density at radius 1 is 0.759 bits per heavy atom. The summed E-state index contributed by atoms with van der Waals surface area (Å²) in [6, 6.07) is 26.7. The van der Waals surface area contributed by atoms with Crippen LogP contribution in [-0.4, -0.2) is 17.7 Å². The third kappa shape index (κ3) is 4.34. The molecule has 0 heterocycles. The van der Waals surface area contributed by atoms with Crippen LogP contribution in [0, 0.1) is 0 Å². The highest BCUT2D eigenvalue weighted by Gasteiger charge is 2.30. The summed E-state index contributed by atoms with van der Waals surface area (Å²) in [7, 11) is 0. The molecule has 3 nitrogen and oxygen atoms in total. The fraction of sp³-hybridized carbons (Fsp3) is 0.269. The second kappa shape index (κ2) is 8.12. The van der Waals surface area contributed by atoms with Crippen molar-refractivity contribution in [2.75, 3.05) is 6.61 Å². The first kappa shape index (κ1) is 20.7. The van der Waals surface area contributed by atoms with Crippen molar-refractivity contribution in [2.24, 2.45) is 0 Å². The van der Waals surface area contributed by atoms with Crippen LogP contribution in [0.25, 0.3) is 0 Å². The van der Waals surface area contributed by atoms with Gasteiger partial charge in [-0.2, -0.15) is 0 Å². The maximum absolute atomic E-state index is 11.1. The Labute approximate surface area is 173 Å². The van der Waals surface area contributed by atoms with E-state index in [4.69, 9.17) is 9.84 Å². The lowest BCUT2D eigenvalue weighted by atomic mass is 9.73. The Bertz CT molecular complexity index is 973. The van der Waals surface area contributed by atoms with Crippen LogP contribution in [0.2, 0.25) is 0 Å². The van der Waals surface area contributed by atoms with Crippen LogP contribution < -0.4 is 4.74 Å². The lowest BCUT2D eigenvalue weighted by Gasteiger charge is -2.32. The highest BCUT2D eigenvalue weighted by molar-refractivity contribution is 5.68. The zero-order valence-corrected chi connectivity index (χ0v) is 17.5. The van der Waals surface area contributed by atoms with Gasteiger partial charge in [-0.3, -0.25) is 0 Å². The molecule has 0 aromatic heterocycles. The Balaban J connectivity index is 2.13. The molecule has 29 heavy (non-hydrogen) atoms. The van der Waals surface area contributed by atoms with Gasteiger partial charge in [0.05, 0.1) is 0 Å². The molecule has 0 spiro atoms. The number of rotatable bonds is 7. The normalized spacial score (nSPS) is 11.9. The number of hydrogen-bond acceptors (Lipinski definition) is 2. The third-order valence-corrected chi connectivity index (χ3v) is 5.72. The molecule has 3 rings (SSSR count). The first-order chi connectivity index (χ1) is 13.7. The van der Waals surface area contributed by atoms with Gasteiger partial charge in [-0.1, -0.05) is 100 Å². The molecule has 150 valence electrons. The average Bonchev–Trinajstić information content (AvgIpc) is 2.73. The summed E-state index contributed by atoms with van der Waals surface area (Å²) in [5, 5.41) is 9.09. The number of ether oxygens (including phenoxy) is 1. The number of aliphatic carboxylic acids is 1. The van der Waals surface area contributed by atoms with Crippen molar-refractivity contribution < 1.29 is 14.6 Å². The fourth-order valence-corrected chi connectivity index (χ4v) is 3.70. The van der Waals surface area contributed by atoms with Crippen LogP contribution in [0.1, 0.15) is 49.9 Å². The van der Waals surface area contributed by atoms with Gasteiger partial charge in [0.15, 0.2) is 6.61 Å². The average molecular weight is 389 g/mol. The lowest BCUT2D eigenvalue weighted by molar-refractivity contribution is -0.139. The van der Waals surface area contributed by atoms with Crippen molar-refractivity contribution in [1.82, 2.24) is 0 Å². The number of carboxylic acids is 1. The maximum atomic E-state index is 11.1. The topological polar surface area (TPSA) is 46.5 Å². The first-order valence-corrected chi connectivity index (χ1v) is 9.83. The standard InChI is InChI=1S/C26H28O3/c1-25(2,19-11-7-5-8-12-19)21-15-16-23(29-18-24(27)28)22(17-21)26(3,4)20-13-9-6-10-14-20/h5-17H,18H2,1-4H3,(H,27,28). The maximum Gasteiger partial charge on any atom is 0.341 e. The molecule has 3 aromatic rings. The van der Waals surface area contributed by atoms with E-state index in [0.717, 1.165) is 16.7 Å². The second-order valence-electron chi connectivity index (χ2n) is 8.38. The minimum absolute atomic E-state index is 0.200. The van der Waals surface area contributed by atoms with E-state index in [1.165, 1.54) is 5.56 Å². The van der Waals surface area contributed by atoms with E-state index < -0.39 is 5.97 Å². The molecule has 0 saturated carbocycles.